The number of halogens is 1. The molecule has 0 saturated carbocycles. The third-order valence-corrected chi connectivity index (χ3v) is 7.06. The molecule has 1 aromatic heterocycles. The molecular formula is C29H28ClN3O5. The van der Waals surface area contributed by atoms with Gasteiger partial charge in [-0.25, -0.2) is 9.78 Å². The summed E-state index contributed by atoms with van der Waals surface area (Å²) < 4.78 is 11.0. The van der Waals surface area contributed by atoms with E-state index in [0.717, 1.165) is 55.1 Å². The van der Waals surface area contributed by atoms with Crippen molar-refractivity contribution in [3.05, 3.63) is 85.8 Å². The minimum absolute atomic E-state index is 0.200. The smallest absolute Gasteiger partial charge is 0.328 e. The van der Waals surface area contributed by atoms with Gasteiger partial charge in [-0.05, 0) is 48.1 Å². The number of esters is 1. The molecule has 1 unspecified atom stereocenters. The lowest BCUT2D eigenvalue weighted by atomic mass is 10.0. The first-order valence-corrected chi connectivity index (χ1v) is 13.1. The molecule has 9 heteroatoms. The van der Waals surface area contributed by atoms with Crippen molar-refractivity contribution in [2.24, 2.45) is 0 Å². The van der Waals surface area contributed by atoms with E-state index in [4.69, 9.17) is 21.1 Å². The number of hydrogen-bond acceptors (Lipinski definition) is 8. The van der Waals surface area contributed by atoms with E-state index in [1.807, 2.05) is 41.3 Å². The van der Waals surface area contributed by atoms with E-state index < -0.39 is 22.9 Å². The van der Waals surface area contributed by atoms with Gasteiger partial charge in [0.2, 0.25) is 5.88 Å². The molecule has 1 atom stereocenters. The largest absolute Gasteiger partial charge is 0.467 e. The first-order valence-electron chi connectivity index (χ1n) is 12.7. The Morgan fingerprint density at radius 3 is 2.45 bits per heavy atom. The van der Waals surface area contributed by atoms with Crippen LogP contribution in [0.25, 0.3) is 10.8 Å². The zero-order chi connectivity index (χ0) is 26.6. The number of hydrogen-bond donors (Lipinski definition) is 1. The molecule has 0 aliphatic carbocycles. The summed E-state index contributed by atoms with van der Waals surface area (Å²) in [7, 11) is 1.30. The summed E-state index contributed by atoms with van der Waals surface area (Å²) in [4.78, 5) is 43.8. The van der Waals surface area contributed by atoms with Gasteiger partial charge in [-0.3, -0.25) is 9.59 Å². The quantitative estimate of drug-likeness (QED) is 0.195. The molecule has 1 aliphatic heterocycles. The van der Waals surface area contributed by atoms with Gasteiger partial charge in [0.05, 0.1) is 7.11 Å². The Morgan fingerprint density at radius 2 is 1.74 bits per heavy atom. The molecule has 3 aromatic carbocycles. The Hall–Kier alpha value is -3.91. The number of nitrogens with zero attached hydrogens (tertiary/aromatic N) is 2. The molecule has 1 aliphatic rings. The van der Waals surface area contributed by atoms with Crippen LogP contribution in [0, 0.1) is 0 Å². The van der Waals surface area contributed by atoms with Gasteiger partial charge in [-0.1, -0.05) is 54.8 Å². The predicted molar refractivity (Wildman–Crippen MR) is 148 cm³/mol. The van der Waals surface area contributed by atoms with Crippen LogP contribution in [0.3, 0.4) is 0 Å². The van der Waals surface area contributed by atoms with Crippen molar-refractivity contribution >= 4 is 39.7 Å². The Kier molecular flexibility index (Phi) is 7.60. The van der Waals surface area contributed by atoms with Gasteiger partial charge in [0.25, 0.3) is 10.9 Å². The fraction of sp³-hybridized carbons (Fsp3) is 0.310. The number of aromatic nitrogens is 1. The highest BCUT2D eigenvalue weighted by atomic mass is 35.5. The molecule has 1 fully saturated rings. The van der Waals surface area contributed by atoms with Crippen LogP contribution in [-0.2, 0) is 16.0 Å². The van der Waals surface area contributed by atoms with E-state index in [0.29, 0.717) is 22.5 Å². The van der Waals surface area contributed by atoms with E-state index in [1.165, 1.54) is 7.11 Å². The molecule has 4 aromatic rings. The third-order valence-electron chi connectivity index (χ3n) is 6.86. The van der Waals surface area contributed by atoms with Crippen LogP contribution in [0.4, 0.5) is 11.4 Å². The highest BCUT2D eigenvalue weighted by molar-refractivity contribution is 6.30. The Labute approximate surface area is 224 Å². The predicted octanol–water partition coefficient (Wildman–Crippen LogP) is 4.85. The van der Waals surface area contributed by atoms with Gasteiger partial charge in [0.1, 0.15) is 28.3 Å². The Bertz CT molecular complexity index is 1520. The zero-order valence-electron chi connectivity index (χ0n) is 21.0. The highest BCUT2D eigenvalue weighted by Crippen LogP contribution is 2.31. The van der Waals surface area contributed by atoms with Crippen LogP contribution in [0.1, 0.15) is 31.2 Å². The highest BCUT2D eigenvalue weighted by Gasteiger charge is 2.30. The second-order valence-corrected chi connectivity index (χ2v) is 9.81. The molecular weight excluding hydrogens is 506 g/mol. The average Bonchev–Trinajstić information content (AvgIpc) is 3.21. The summed E-state index contributed by atoms with van der Waals surface area (Å²) in [6.07, 6.45) is 4.39. The monoisotopic (exact) mass is 533 g/mol. The number of anilines is 2. The molecule has 1 saturated heterocycles. The topological polar surface area (TPSA) is 97.8 Å². The van der Waals surface area contributed by atoms with Gasteiger partial charge >= 0.3 is 5.97 Å². The summed E-state index contributed by atoms with van der Waals surface area (Å²) in [6, 6.07) is 15.8. The van der Waals surface area contributed by atoms with E-state index in [-0.39, 0.29) is 12.1 Å². The lowest BCUT2D eigenvalue weighted by Crippen LogP contribution is -2.46. The van der Waals surface area contributed by atoms with Crippen molar-refractivity contribution in [1.82, 2.24) is 4.98 Å². The molecule has 5 rings (SSSR count). The van der Waals surface area contributed by atoms with Crippen molar-refractivity contribution in [3.8, 4) is 11.6 Å². The number of methoxy groups -OCH3 is 1. The SMILES string of the molecule is COC(=O)C(Cc1ccc(Oc2nc(Cl)cc3ccccc23)cc1)Nc1c(N2CCCCCC2)c(=O)c1=O. The van der Waals surface area contributed by atoms with Crippen LogP contribution >= 0.6 is 11.6 Å². The molecule has 38 heavy (non-hydrogen) atoms. The second kappa shape index (κ2) is 11.2. The van der Waals surface area contributed by atoms with E-state index in [1.54, 1.807) is 18.2 Å². The maximum absolute atomic E-state index is 12.6. The summed E-state index contributed by atoms with van der Waals surface area (Å²) in [6.45, 7) is 1.45. The molecule has 2 heterocycles. The first kappa shape index (κ1) is 25.7. The van der Waals surface area contributed by atoms with Gasteiger partial charge in [-0.15, -0.1) is 0 Å². The lowest BCUT2D eigenvalue weighted by molar-refractivity contribution is -0.141. The fourth-order valence-corrected chi connectivity index (χ4v) is 5.07. The zero-order valence-corrected chi connectivity index (χ0v) is 21.8. The van der Waals surface area contributed by atoms with Crippen LogP contribution in [0.2, 0.25) is 5.15 Å². The number of nitrogens with one attached hydrogen (secondary N) is 1. The fourth-order valence-electron chi connectivity index (χ4n) is 4.87. The van der Waals surface area contributed by atoms with Crippen LogP contribution < -0.4 is 25.8 Å². The number of carbonyl (C=O) groups is 1. The minimum Gasteiger partial charge on any atom is -0.467 e. The number of fused-ring (bicyclic) bond motifs is 1. The van der Waals surface area contributed by atoms with Crippen LogP contribution in [0.15, 0.2) is 64.2 Å². The summed E-state index contributed by atoms with van der Waals surface area (Å²) in [5.74, 6) is 0.438. The number of pyridine rings is 1. The second-order valence-electron chi connectivity index (χ2n) is 9.42. The number of rotatable bonds is 8. The summed E-state index contributed by atoms with van der Waals surface area (Å²) >= 11 is 6.17. The maximum Gasteiger partial charge on any atom is 0.328 e. The standard InChI is InChI=1S/C29H28ClN3O5/c1-37-29(36)22(31-24-25(27(35)26(24)34)33-14-6-2-3-7-15-33)16-18-10-12-20(13-11-18)38-28-21-9-5-4-8-19(21)17-23(30)32-28/h4-5,8-13,17,22,31H,2-3,6-7,14-16H2,1H3. The molecule has 0 spiro atoms. The van der Waals surface area contributed by atoms with Gasteiger partial charge < -0.3 is 19.7 Å². The molecule has 0 amide bonds. The molecule has 1 N–H and O–H groups in total. The van der Waals surface area contributed by atoms with Gasteiger partial charge in [0, 0.05) is 24.9 Å². The minimum atomic E-state index is -0.834. The molecule has 8 nitrogen and oxygen atoms in total. The third kappa shape index (κ3) is 5.36. The average molecular weight is 534 g/mol. The first-order chi connectivity index (χ1) is 18.4. The van der Waals surface area contributed by atoms with E-state index in [2.05, 4.69) is 10.3 Å². The lowest BCUT2D eigenvalue weighted by Gasteiger charge is -2.28. The number of ether oxygens (including phenoxy) is 2. The van der Waals surface area contributed by atoms with Crippen LogP contribution in [0.5, 0.6) is 11.6 Å². The Morgan fingerprint density at radius 1 is 1.03 bits per heavy atom. The van der Waals surface area contributed by atoms with Crippen molar-refractivity contribution < 1.29 is 14.3 Å². The molecule has 0 radical (unpaired) electrons. The van der Waals surface area contributed by atoms with Gasteiger partial charge in [-0.2, -0.15) is 0 Å². The molecule has 196 valence electrons. The molecule has 0 bridgehead atoms. The maximum atomic E-state index is 12.6. The summed E-state index contributed by atoms with van der Waals surface area (Å²) in [5, 5.41) is 5.11. The van der Waals surface area contributed by atoms with Crippen molar-refractivity contribution in [3.63, 3.8) is 0 Å². The van der Waals surface area contributed by atoms with Crippen molar-refractivity contribution in [2.45, 2.75) is 38.1 Å². The van der Waals surface area contributed by atoms with Crippen molar-refractivity contribution in [1.29, 1.82) is 0 Å². The van der Waals surface area contributed by atoms with E-state index >= 15 is 0 Å². The normalized spacial score (nSPS) is 14.7. The van der Waals surface area contributed by atoms with Crippen molar-refractivity contribution in [2.75, 3.05) is 30.4 Å². The number of benzene rings is 2. The van der Waals surface area contributed by atoms with Crippen LogP contribution in [-0.4, -0.2) is 37.2 Å². The van der Waals surface area contributed by atoms with Gasteiger partial charge in [0.15, 0.2) is 0 Å². The van der Waals surface area contributed by atoms with E-state index in [9.17, 15) is 14.4 Å². The Balaban J connectivity index is 1.33. The summed E-state index contributed by atoms with van der Waals surface area (Å²) in [5.41, 5.74) is 0.311. The number of carbonyl (C=O) groups excluding carboxylic acids is 1.